The average molecular weight is 301 g/mol. The van der Waals surface area contributed by atoms with Gasteiger partial charge in [0.15, 0.2) is 5.02 Å². The predicted molar refractivity (Wildman–Crippen MR) is 57.8 cm³/mol. The van der Waals surface area contributed by atoms with E-state index in [-0.39, 0.29) is 0 Å². The summed E-state index contributed by atoms with van der Waals surface area (Å²) in [6.45, 7) is 0. The standard InChI is InChI=1S/C6H2Cl2N2O6S/c7-6-4(9(11)12)1-3(17(8,15)16)2-5(6)10(13)14/h1-2H. The van der Waals surface area contributed by atoms with Crippen LogP contribution in [0.4, 0.5) is 11.4 Å². The van der Waals surface area contributed by atoms with Crippen LogP contribution in [0.15, 0.2) is 17.0 Å². The van der Waals surface area contributed by atoms with Gasteiger partial charge in [0.2, 0.25) is 0 Å². The summed E-state index contributed by atoms with van der Waals surface area (Å²) < 4.78 is 21.9. The summed E-state index contributed by atoms with van der Waals surface area (Å²) in [6, 6.07) is 1.11. The van der Waals surface area contributed by atoms with Crippen molar-refractivity contribution in [1.29, 1.82) is 0 Å². The molecule has 1 aromatic rings. The molecule has 0 aliphatic heterocycles. The molecule has 1 rings (SSSR count). The monoisotopic (exact) mass is 300 g/mol. The van der Waals surface area contributed by atoms with E-state index in [1.807, 2.05) is 0 Å². The SMILES string of the molecule is O=[N+]([O-])c1cc(S(=O)(=O)Cl)cc([N+](=O)[O-])c1Cl. The zero-order chi connectivity index (χ0) is 13.4. The lowest BCUT2D eigenvalue weighted by molar-refractivity contribution is -0.394. The van der Waals surface area contributed by atoms with Crippen molar-refractivity contribution in [1.82, 2.24) is 0 Å². The zero-order valence-electron chi connectivity index (χ0n) is 7.66. The van der Waals surface area contributed by atoms with E-state index in [4.69, 9.17) is 22.3 Å². The Hall–Kier alpha value is -1.45. The van der Waals surface area contributed by atoms with Crippen LogP contribution < -0.4 is 0 Å². The molecule has 0 atom stereocenters. The molecule has 92 valence electrons. The highest BCUT2D eigenvalue weighted by atomic mass is 35.7. The van der Waals surface area contributed by atoms with Gasteiger partial charge in [-0.05, 0) is 0 Å². The molecule has 0 amide bonds. The Bertz CT molecular complexity index is 578. The molecular weight excluding hydrogens is 299 g/mol. The maximum Gasteiger partial charge on any atom is 0.296 e. The van der Waals surface area contributed by atoms with E-state index in [1.54, 1.807) is 0 Å². The van der Waals surface area contributed by atoms with Crippen LogP contribution in [0, 0.1) is 20.2 Å². The van der Waals surface area contributed by atoms with Crippen LogP contribution in [0.1, 0.15) is 0 Å². The van der Waals surface area contributed by atoms with Gasteiger partial charge in [-0.1, -0.05) is 11.6 Å². The van der Waals surface area contributed by atoms with Crippen LogP contribution in [-0.2, 0) is 9.05 Å². The number of rotatable bonds is 3. The summed E-state index contributed by atoms with van der Waals surface area (Å²) in [5, 5.41) is 20.3. The van der Waals surface area contributed by atoms with Crippen molar-refractivity contribution in [2.75, 3.05) is 0 Å². The molecule has 8 nitrogen and oxygen atoms in total. The fourth-order valence-corrected chi connectivity index (χ4v) is 1.99. The first-order valence-corrected chi connectivity index (χ1v) is 6.40. The Balaban J connectivity index is 3.71. The second-order valence-corrected chi connectivity index (χ2v) is 5.67. The number of nitro groups is 2. The molecule has 1 aromatic carbocycles. The highest BCUT2D eigenvalue weighted by Gasteiger charge is 2.28. The third-order valence-electron chi connectivity index (χ3n) is 1.68. The van der Waals surface area contributed by atoms with Gasteiger partial charge in [0.05, 0.1) is 14.7 Å². The molecule has 0 N–H and O–H groups in total. The third-order valence-corrected chi connectivity index (χ3v) is 3.40. The molecule has 0 unspecified atom stereocenters. The summed E-state index contributed by atoms with van der Waals surface area (Å²) >= 11 is 5.40. The molecule has 0 aliphatic carbocycles. The van der Waals surface area contributed by atoms with Crippen molar-refractivity contribution < 1.29 is 18.3 Å². The summed E-state index contributed by atoms with van der Waals surface area (Å²) in [6.07, 6.45) is 0. The third kappa shape index (κ3) is 2.81. The van der Waals surface area contributed by atoms with Crippen LogP contribution in [0.3, 0.4) is 0 Å². The number of halogens is 2. The smallest absolute Gasteiger partial charge is 0.258 e. The lowest BCUT2D eigenvalue weighted by Gasteiger charge is -2.00. The maximum absolute atomic E-state index is 11.0. The quantitative estimate of drug-likeness (QED) is 0.478. The minimum atomic E-state index is -4.33. The van der Waals surface area contributed by atoms with Crippen LogP contribution in [-0.4, -0.2) is 18.3 Å². The van der Waals surface area contributed by atoms with Gasteiger partial charge in [0.25, 0.3) is 20.4 Å². The fourth-order valence-electron chi connectivity index (χ4n) is 0.976. The Morgan fingerprint density at radius 1 is 1.06 bits per heavy atom. The number of hydrogen-bond donors (Lipinski definition) is 0. The van der Waals surface area contributed by atoms with Gasteiger partial charge in [-0.3, -0.25) is 20.2 Å². The number of nitro benzene ring substituents is 2. The summed E-state index contributed by atoms with van der Waals surface area (Å²) in [5.74, 6) is 0. The van der Waals surface area contributed by atoms with Crippen molar-refractivity contribution >= 4 is 42.7 Å². The largest absolute Gasteiger partial charge is 0.296 e. The van der Waals surface area contributed by atoms with Crippen molar-refractivity contribution in [2.45, 2.75) is 4.90 Å². The van der Waals surface area contributed by atoms with Crippen molar-refractivity contribution in [3.8, 4) is 0 Å². The van der Waals surface area contributed by atoms with Crippen LogP contribution in [0.25, 0.3) is 0 Å². The molecular formula is C6H2Cl2N2O6S. The lowest BCUT2D eigenvalue weighted by Crippen LogP contribution is -1.99. The van der Waals surface area contributed by atoms with E-state index >= 15 is 0 Å². The second kappa shape index (κ2) is 4.43. The molecule has 0 fully saturated rings. The number of hydrogen-bond acceptors (Lipinski definition) is 6. The van der Waals surface area contributed by atoms with Crippen LogP contribution in [0.2, 0.25) is 5.02 Å². The van der Waals surface area contributed by atoms with E-state index in [1.165, 1.54) is 0 Å². The van der Waals surface area contributed by atoms with Crippen molar-refractivity contribution in [2.24, 2.45) is 0 Å². The first-order chi connectivity index (χ1) is 7.64. The molecule has 11 heteroatoms. The van der Waals surface area contributed by atoms with Gasteiger partial charge in [-0.15, -0.1) is 0 Å². The Morgan fingerprint density at radius 3 is 1.65 bits per heavy atom. The molecule has 0 aliphatic rings. The normalized spacial score (nSPS) is 11.2. The summed E-state index contributed by atoms with van der Waals surface area (Å²) in [7, 11) is 0.621. The average Bonchev–Trinajstić information content (AvgIpc) is 2.14. The highest BCUT2D eigenvalue weighted by Crippen LogP contribution is 2.36. The van der Waals surface area contributed by atoms with Gasteiger partial charge in [-0.25, -0.2) is 8.42 Å². The van der Waals surface area contributed by atoms with E-state index in [0.29, 0.717) is 12.1 Å². The van der Waals surface area contributed by atoms with Crippen molar-refractivity contribution in [3.63, 3.8) is 0 Å². The number of benzene rings is 1. The molecule has 0 saturated heterocycles. The molecule has 17 heavy (non-hydrogen) atoms. The van der Waals surface area contributed by atoms with Gasteiger partial charge >= 0.3 is 0 Å². The van der Waals surface area contributed by atoms with Gasteiger partial charge in [0.1, 0.15) is 0 Å². The van der Waals surface area contributed by atoms with E-state index in [9.17, 15) is 28.6 Å². The van der Waals surface area contributed by atoms with Gasteiger partial charge in [-0.2, -0.15) is 0 Å². The van der Waals surface area contributed by atoms with Crippen LogP contribution >= 0.6 is 22.3 Å². The highest BCUT2D eigenvalue weighted by molar-refractivity contribution is 8.13. The van der Waals surface area contributed by atoms with Gasteiger partial charge in [0, 0.05) is 22.8 Å². The summed E-state index contributed by atoms with van der Waals surface area (Å²) in [5.41, 5.74) is -1.81. The molecule has 0 heterocycles. The van der Waals surface area contributed by atoms with E-state index < -0.39 is 40.2 Å². The minimum Gasteiger partial charge on any atom is -0.258 e. The van der Waals surface area contributed by atoms with Gasteiger partial charge < -0.3 is 0 Å². The molecule has 0 aromatic heterocycles. The van der Waals surface area contributed by atoms with Crippen LogP contribution in [0.5, 0.6) is 0 Å². The second-order valence-electron chi connectivity index (χ2n) is 2.73. The Labute approximate surface area is 103 Å². The first kappa shape index (κ1) is 13.6. The Morgan fingerprint density at radius 2 is 1.41 bits per heavy atom. The first-order valence-electron chi connectivity index (χ1n) is 3.71. The lowest BCUT2D eigenvalue weighted by atomic mass is 10.3. The molecule has 0 bridgehead atoms. The minimum absolute atomic E-state index is 0.553. The topological polar surface area (TPSA) is 120 Å². The molecule has 0 spiro atoms. The van der Waals surface area contributed by atoms with E-state index in [2.05, 4.69) is 0 Å². The predicted octanol–water partition coefficient (Wildman–Crippen LogP) is 2.08. The van der Waals surface area contributed by atoms with E-state index in [0.717, 1.165) is 0 Å². The van der Waals surface area contributed by atoms with Crippen molar-refractivity contribution in [3.05, 3.63) is 37.4 Å². The number of nitrogens with zero attached hydrogens (tertiary/aromatic N) is 2. The fraction of sp³-hybridized carbons (Fsp3) is 0. The maximum atomic E-state index is 11.0. The molecule has 0 radical (unpaired) electrons. The summed E-state index contributed by atoms with van der Waals surface area (Å²) in [4.78, 5) is 18.2. The Kier molecular flexibility index (Phi) is 3.55. The molecule has 0 saturated carbocycles. The zero-order valence-corrected chi connectivity index (χ0v) is 9.99.